The number of aromatic nitrogens is 7. The van der Waals surface area contributed by atoms with Crippen molar-refractivity contribution < 1.29 is 17.9 Å². The van der Waals surface area contributed by atoms with Crippen LogP contribution in [0.15, 0.2) is 55.2 Å². The van der Waals surface area contributed by atoms with Crippen molar-refractivity contribution in [2.24, 2.45) is 0 Å². The Hall–Kier alpha value is -3.96. The van der Waals surface area contributed by atoms with Gasteiger partial charge in [-0.2, -0.15) is 18.3 Å². The van der Waals surface area contributed by atoms with Crippen LogP contribution in [0.1, 0.15) is 29.8 Å². The maximum Gasteiger partial charge on any atom is 0.422 e. The number of hydrogen-bond acceptors (Lipinski definition) is 7. The Morgan fingerprint density at radius 1 is 1.06 bits per heavy atom. The number of ether oxygens (including phenoxy) is 1. The standard InChI is InChI=1S/C23H23F3N8O/c1-16-30-31-22(32(16)12-18-4-9-21(28-10-18)35-13-23(24,25)26)33(19-7-8-19)11-17-2-5-20(6-3-17)34-15-27-14-29-34/h2-6,9-10,14-15,19H,7-8,11-13H2,1H3. The molecule has 0 amide bonds. The van der Waals surface area contributed by atoms with Crippen LogP contribution in [0.25, 0.3) is 5.69 Å². The topological polar surface area (TPSA) is 86.8 Å². The van der Waals surface area contributed by atoms with Gasteiger partial charge in [-0.05, 0) is 43.0 Å². The molecule has 0 unspecified atom stereocenters. The van der Waals surface area contributed by atoms with Crippen LogP contribution in [0.2, 0.25) is 0 Å². The first kappa shape index (κ1) is 22.8. The molecule has 0 N–H and O–H groups in total. The molecule has 0 bridgehead atoms. The molecule has 12 heteroatoms. The van der Waals surface area contributed by atoms with Gasteiger partial charge in [-0.1, -0.05) is 18.2 Å². The van der Waals surface area contributed by atoms with Crippen molar-refractivity contribution in [2.75, 3.05) is 11.5 Å². The maximum atomic E-state index is 12.4. The molecule has 5 rings (SSSR count). The highest BCUT2D eigenvalue weighted by molar-refractivity contribution is 5.40. The average molecular weight is 484 g/mol. The van der Waals surface area contributed by atoms with E-state index in [1.165, 1.54) is 18.6 Å². The number of nitrogens with zero attached hydrogens (tertiary/aromatic N) is 8. The van der Waals surface area contributed by atoms with Gasteiger partial charge in [-0.15, -0.1) is 10.2 Å². The molecule has 182 valence electrons. The molecule has 0 saturated heterocycles. The summed E-state index contributed by atoms with van der Waals surface area (Å²) in [6.07, 6.45) is 2.42. The number of hydrogen-bond donors (Lipinski definition) is 0. The smallest absolute Gasteiger partial charge is 0.422 e. The Balaban J connectivity index is 1.31. The fraction of sp³-hybridized carbons (Fsp3) is 0.348. The molecule has 35 heavy (non-hydrogen) atoms. The molecule has 9 nitrogen and oxygen atoms in total. The third kappa shape index (κ3) is 5.58. The van der Waals surface area contributed by atoms with Crippen molar-refractivity contribution in [3.63, 3.8) is 0 Å². The Bertz CT molecular complexity index is 1250. The fourth-order valence-electron chi connectivity index (χ4n) is 3.74. The molecule has 1 aliphatic rings. The van der Waals surface area contributed by atoms with Crippen molar-refractivity contribution in [3.05, 3.63) is 72.2 Å². The number of alkyl halides is 3. The van der Waals surface area contributed by atoms with E-state index in [0.717, 1.165) is 41.4 Å². The van der Waals surface area contributed by atoms with Crippen LogP contribution in [-0.2, 0) is 13.1 Å². The number of pyridine rings is 1. The minimum absolute atomic E-state index is 0.0688. The molecule has 0 atom stereocenters. The van der Waals surface area contributed by atoms with Crippen LogP contribution in [0.3, 0.4) is 0 Å². The van der Waals surface area contributed by atoms with E-state index in [-0.39, 0.29) is 5.88 Å². The van der Waals surface area contributed by atoms with Crippen molar-refractivity contribution in [1.82, 2.24) is 34.5 Å². The summed E-state index contributed by atoms with van der Waals surface area (Å²) >= 11 is 0. The molecule has 1 fully saturated rings. The molecule has 0 spiro atoms. The molecule has 4 aromatic rings. The van der Waals surface area contributed by atoms with Crippen molar-refractivity contribution >= 4 is 5.95 Å². The predicted molar refractivity (Wildman–Crippen MR) is 120 cm³/mol. The molecule has 1 aromatic carbocycles. The van der Waals surface area contributed by atoms with Crippen molar-refractivity contribution in [2.45, 2.75) is 45.1 Å². The zero-order chi connectivity index (χ0) is 24.4. The second-order valence-electron chi connectivity index (χ2n) is 8.41. The monoisotopic (exact) mass is 484 g/mol. The van der Waals surface area contributed by atoms with Crippen LogP contribution in [0.5, 0.6) is 5.88 Å². The Labute approximate surface area is 199 Å². The Morgan fingerprint density at radius 2 is 1.83 bits per heavy atom. The lowest BCUT2D eigenvalue weighted by molar-refractivity contribution is -0.154. The summed E-state index contributed by atoms with van der Waals surface area (Å²) in [4.78, 5) is 10.2. The number of anilines is 1. The summed E-state index contributed by atoms with van der Waals surface area (Å²) in [5, 5.41) is 12.9. The lowest BCUT2D eigenvalue weighted by Gasteiger charge is -2.24. The highest BCUT2D eigenvalue weighted by atomic mass is 19.4. The molecule has 3 aromatic heterocycles. The zero-order valence-corrected chi connectivity index (χ0v) is 18.9. The molecular formula is C23H23F3N8O. The first-order valence-corrected chi connectivity index (χ1v) is 11.1. The first-order chi connectivity index (χ1) is 16.9. The van der Waals surface area contributed by atoms with E-state index in [9.17, 15) is 13.2 Å². The molecular weight excluding hydrogens is 461 g/mol. The summed E-state index contributed by atoms with van der Waals surface area (Å²) < 4.78 is 45.5. The molecule has 0 radical (unpaired) electrons. The van der Waals surface area contributed by atoms with E-state index in [1.54, 1.807) is 17.1 Å². The van der Waals surface area contributed by atoms with Gasteiger partial charge in [0.2, 0.25) is 11.8 Å². The van der Waals surface area contributed by atoms with Crippen molar-refractivity contribution in [1.29, 1.82) is 0 Å². The number of rotatable bonds is 9. The zero-order valence-electron chi connectivity index (χ0n) is 18.9. The van der Waals surface area contributed by atoms with E-state index in [1.807, 2.05) is 23.6 Å². The van der Waals surface area contributed by atoms with Gasteiger partial charge in [-0.25, -0.2) is 14.6 Å². The Morgan fingerprint density at radius 3 is 2.46 bits per heavy atom. The van der Waals surface area contributed by atoms with E-state index < -0.39 is 12.8 Å². The van der Waals surface area contributed by atoms with Crippen LogP contribution < -0.4 is 9.64 Å². The van der Waals surface area contributed by atoms with Gasteiger partial charge in [-0.3, -0.25) is 4.57 Å². The third-order valence-electron chi connectivity index (χ3n) is 5.66. The van der Waals surface area contributed by atoms with Crippen LogP contribution in [0.4, 0.5) is 19.1 Å². The van der Waals surface area contributed by atoms with Gasteiger partial charge in [0, 0.05) is 24.8 Å². The van der Waals surface area contributed by atoms with Gasteiger partial charge in [0.1, 0.15) is 18.5 Å². The van der Waals surface area contributed by atoms with Crippen molar-refractivity contribution in [3.8, 4) is 11.6 Å². The third-order valence-corrected chi connectivity index (χ3v) is 5.66. The predicted octanol–water partition coefficient (Wildman–Crippen LogP) is 3.72. The van der Waals surface area contributed by atoms with E-state index in [0.29, 0.717) is 19.1 Å². The largest absolute Gasteiger partial charge is 0.468 e. The number of benzene rings is 1. The van der Waals surface area contributed by atoms with Gasteiger partial charge in [0.25, 0.3) is 0 Å². The quantitative estimate of drug-likeness (QED) is 0.358. The van der Waals surface area contributed by atoms with Gasteiger partial charge in [0.05, 0.1) is 12.2 Å². The highest BCUT2D eigenvalue weighted by Gasteiger charge is 2.33. The summed E-state index contributed by atoms with van der Waals surface area (Å²) in [7, 11) is 0. The Kier molecular flexibility index (Phi) is 6.10. The summed E-state index contributed by atoms with van der Waals surface area (Å²) in [6, 6.07) is 11.6. The highest BCUT2D eigenvalue weighted by Crippen LogP contribution is 2.33. The van der Waals surface area contributed by atoms with Gasteiger partial charge < -0.3 is 9.64 Å². The number of aryl methyl sites for hydroxylation is 1. The summed E-state index contributed by atoms with van der Waals surface area (Å²) in [6.45, 7) is 1.62. The molecule has 3 heterocycles. The van der Waals surface area contributed by atoms with Crippen LogP contribution in [0, 0.1) is 6.92 Å². The molecule has 1 aliphatic carbocycles. The fourth-order valence-corrected chi connectivity index (χ4v) is 3.74. The minimum atomic E-state index is -4.40. The lowest BCUT2D eigenvalue weighted by Crippen LogP contribution is -2.28. The summed E-state index contributed by atoms with van der Waals surface area (Å²) in [5.41, 5.74) is 2.86. The number of halogens is 3. The average Bonchev–Trinajstić information content (AvgIpc) is 3.41. The van der Waals surface area contributed by atoms with Crippen LogP contribution >= 0.6 is 0 Å². The lowest BCUT2D eigenvalue weighted by atomic mass is 10.2. The minimum Gasteiger partial charge on any atom is -0.468 e. The van der Waals surface area contributed by atoms with E-state index in [4.69, 9.17) is 4.74 Å². The summed E-state index contributed by atoms with van der Waals surface area (Å²) in [5.74, 6) is 1.42. The van der Waals surface area contributed by atoms with Gasteiger partial charge >= 0.3 is 6.18 Å². The maximum absolute atomic E-state index is 12.4. The van der Waals surface area contributed by atoms with Crippen LogP contribution in [-0.4, -0.2) is 53.3 Å². The second-order valence-corrected chi connectivity index (χ2v) is 8.41. The SMILES string of the molecule is Cc1nnc(N(Cc2ccc(-n3cncn3)cc2)C2CC2)n1Cc1ccc(OCC(F)(F)F)nc1. The molecule has 1 saturated carbocycles. The van der Waals surface area contributed by atoms with E-state index in [2.05, 4.69) is 42.3 Å². The normalized spacial score (nSPS) is 13.7. The van der Waals surface area contributed by atoms with Gasteiger partial charge in [0.15, 0.2) is 6.61 Å². The van der Waals surface area contributed by atoms with E-state index >= 15 is 0 Å². The first-order valence-electron chi connectivity index (χ1n) is 11.1. The molecule has 0 aliphatic heterocycles. The second kappa shape index (κ2) is 9.35.